The van der Waals surface area contributed by atoms with E-state index in [1.165, 1.54) is 5.69 Å². The zero-order valence-electron chi connectivity index (χ0n) is 11.5. The van der Waals surface area contributed by atoms with E-state index in [4.69, 9.17) is 0 Å². The van der Waals surface area contributed by atoms with E-state index in [1.807, 2.05) is 30.7 Å². The Morgan fingerprint density at radius 3 is 2.85 bits per heavy atom. The summed E-state index contributed by atoms with van der Waals surface area (Å²) in [6, 6.07) is 6.02. The molecule has 0 saturated heterocycles. The maximum absolute atomic E-state index is 4.31. The standard InChI is InChI=1S/C15H17N5/c1-2-7-20-11-16-9-13(20)10-19-12-3-4-14-15(8-12)18-6-5-17-14/h3-6,8-9,11,19H,2,7,10H2,1H3. The summed E-state index contributed by atoms with van der Waals surface area (Å²) in [5.74, 6) is 0. The third-order valence-corrected chi connectivity index (χ3v) is 3.21. The number of nitrogens with one attached hydrogen (secondary N) is 1. The summed E-state index contributed by atoms with van der Waals surface area (Å²) in [6.07, 6.45) is 8.31. The lowest BCUT2D eigenvalue weighted by atomic mass is 10.2. The Hall–Kier alpha value is -2.43. The fraction of sp³-hybridized carbons (Fsp3) is 0.267. The van der Waals surface area contributed by atoms with Crippen molar-refractivity contribution in [1.29, 1.82) is 0 Å². The minimum atomic E-state index is 0.756. The lowest BCUT2D eigenvalue weighted by Crippen LogP contribution is -2.06. The highest BCUT2D eigenvalue weighted by Gasteiger charge is 2.02. The van der Waals surface area contributed by atoms with E-state index in [0.29, 0.717) is 0 Å². The lowest BCUT2D eigenvalue weighted by molar-refractivity contribution is 0.651. The van der Waals surface area contributed by atoms with Crippen molar-refractivity contribution in [2.75, 3.05) is 5.32 Å². The molecular weight excluding hydrogens is 250 g/mol. The zero-order chi connectivity index (χ0) is 13.8. The summed E-state index contributed by atoms with van der Waals surface area (Å²) in [5, 5.41) is 3.41. The van der Waals surface area contributed by atoms with Gasteiger partial charge in [0.15, 0.2) is 0 Å². The lowest BCUT2D eigenvalue weighted by Gasteiger charge is -2.09. The van der Waals surface area contributed by atoms with Crippen LogP contribution in [0.4, 0.5) is 5.69 Å². The minimum absolute atomic E-state index is 0.756. The van der Waals surface area contributed by atoms with Gasteiger partial charge < -0.3 is 9.88 Å². The van der Waals surface area contributed by atoms with Crippen molar-refractivity contribution < 1.29 is 0 Å². The number of aromatic nitrogens is 4. The molecule has 0 atom stereocenters. The van der Waals surface area contributed by atoms with Gasteiger partial charge in [-0.2, -0.15) is 0 Å². The number of hydrogen-bond acceptors (Lipinski definition) is 4. The summed E-state index contributed by atoms with van der Waals surface area (Å²) in [5.41, 5.74) is 4.04. The number of benzene rings is 1. The number of nitrogens with zero attached hydrogens (tertiary/aromatic N) is 4. The van der Waals surface area contributed by atoms with Gasteiger partial charge >= 0.3 is 0 Å². The Bertz CT molecular complexity index is 704. The Morgan fingerprint density at radius 1 is 1.15 bits per heavy atom. The number of imidazole rings is 1. The quantitative estimate of drug-likeness (QED) is 0.772. The number of anilines is 1. The van der Waals surface area contributed by atoms with Gasteiger partial charge in [-0.15, -0.1) is 0 Å². The average Bonchev–Trinajstić information content (AvgIpc) is 2.93. The fourth-order valence-corrected chi connectivity index (χ4v) is 2.20. The summed E-state index contributed by atoms with van der Waals surface area (Å²) < 4.78 is 2.17. The third kappa shape index (κ3) is 2.61. The predicted molar refractivity (Wildman–Crippen MR) is 79.4 cm³/mol. The van der Waals surface area contributed by atoms with E-state index in [2.05, 4.69) is 31.8 Å². The van der Waals surface area contributed by atoms with Crippen LogP contribution >= 0.6 is 0 Å². The molecule has 1 aromatic carbocycles. The van der Waals surface area contributed by atoms with Crippen LogP contribution in [0.15, 0.2) is 43.1 Å². The second-order valence-corrected chi connectivity index (χ2v) is 4.69. The highest BCUT2D eigenvalue weighted by Crippen LogP contribution is 2.16. The molecule has 0 aliphatic heterocycles. The van der Waals surface area contributed by atoms with Gasteiger partial charge in [-0.1, -0.05) is 6.92 Å². The van der Waals surface area contributed by atoms with Crippen LogP contribution in [0.1, 0.15) is 19.0 Å². The highest BCUT2D eigenvalue weighted by atomic mass is 15.1. The van der Waals surface area contributed by atoms with E-state index in [-0.39, 0.29) is 0 Å². The summed E-state index contributed by atoms with van der Waals surface area (Å²) in [7, 11) is 0. The van der Waals surface area contributed by atoms with Crippen molar-refractivity contribution in [2.24, 2.45) is 0 Å². The monoisotopic (exact) mass is 267 g/mol. The molecule has 2 aromatic heterocycles. The first kappa shape index (κ1) is 12.6. The van der Waals surface area contributed by atoms with Crippen LogP contribution in [0.2, 0.25) is 0 Å². The second-order valence-electron chi connectivity index (χ2n) is 4.69. The summed E-state index contributed by atoms with van der Waals surface area (Å²) in [4.78, 5) is 12.8. The molecule has 102 valence electrons. The van der Waals surface area contributed by atoms with E-state index in [9.17, 15) is 0 Å². The molecule has 3 aromatic rings. The SMILES string of the molecule is CCCn1cncc1CNc1ccc2nccnc2c1. The van der Waals surface area contributed by atoms with E-state index in [0.717, 1.165) is 36.2 Å². The molecule has 20 heavy (non-hydrogen) atoms. The molecule has 5 nitrogen and oxygen atoms in total. The van der Waals surface area contributed by atoms with E-state index in [1.54, 1.807) is 12.4 Å². The number of rotatable bonds is 5. The predicted octanol–water partition coefficient (Wildman–Crippen LogP) is 2.85. The molecule has 1 N–H and O–H groups in total. The Labute approximate surface area is 117 Å². The molecule has 0 unspecified atom stereocenters. The van der Waals surface area contributed by atoms with E-state index >= 15 is 0 Å². The maximum Gasteiger partial charge on any atom is 0.0948 e. The first-order chi connectivity index (χ1) is 9.86. The van der Waals surface area contributed by atoms with Gasteiger partial charge in [-0.3, -0.25) is 9.97 Å². The van der Waals surface area contributed by atoms with Crippen molar-refractivity contribution in [1.82, 2.24) is 19.5 Å². The molecule has 0 fully saturated rings. The Kier molecular flexibility index (Phi) is 3.58. The number of hydrogen-bond donors (Lipinski definition) is 1. The Morgan fingerprint density at radius 2 is 2.00 bits per heavy atom. The molecule has 2 heterocycles. The molecule has 0 bridgehead atoms. The van der Waals surface area contributed by atoms with Gasteiger partial charge in [-0.05, 0) is 24.6 Å². The highest BCUT2D eigenvalue weighted by molar-refractivity contribution is 5.78. The molecule has 0 aliphatic rings. The summed E-state index contributed by atoms with van der Waals surface area (Å²) >= 11 is 0. The molecule has 0 spiro atoms. The van der Waals surface area contributed by atoms with Crippen LogP contribution in [0.25, 0.3) is 11.0 Å². The maximum atomic E-state index is 4.31. The van der Waals surface area contributed by atoms with Gasteiger partial charge in [0.1, 0.15) is 0 Å². The van der Waals surface area contributed by atoms with Crippen molar-refractivity contribution in [2.45, 2.75) is 26.4 Å². The summed E-state index contributed by atoms with van der Waals surface area (Å²) in [6.45, 7) is 3.92. The van der Waals surface area contributed by atoms with Gasteiger partial charge in [-0.25, -0.2) is 4.98 Å². The van der Waals surface area contributed by atoms with Crippen LogP contribution in [0, 0.1) is 0 Å². The average molecular weight is 267 g/mol. The molecule has 3 rings (SSSR count). The fourth-order valence-electron chi connectivity index (χ4n) is 2.20. The van der Waals surface area contributed by atoms with Crippen LogP contribution in [0.3, 0.4) is 0 Å². The molecule has 0 radical (unpaired) electrons. The van der Waals surface area contributed by atoms with Gasteiger partial charge in [0.05, 0.1) is 29.6 Å². The largest absolute Gasteiger partial charge is 0.379 e. The number of aryl methyl sites for hydroxylation is 1. The van der Waals surface area contributed by atoms with Crippen molar-refractivity contribution in [3.63, 3.8) is 0 Å². The van der Waals surface area contributed by atoms with Crippen LogP contribution < -0.4 is 5.32 Å². The number of fused-ring (bicyclic) bond motifs is 1. The first-order valence-corrected chi connectivity index (χ1v) is 6.80. The van der Waals surface area contributed by atoms with Gasteiger partial charge in [0, 0.05) is 30.8 Å². The van der Waals surface area contributed by atoms with Gasteiger partial charge in [0.2, 0.25) is 0 Å². The third-order valence-electron chi connectivity index (χ3n) is 3.21. The molecule has 0 amide bonds. The van der Waals surface area contributed by atoms with Crippen molar-refractivity contribution in [3.05, 3.63) is 48.8 Å². The zero-order valence-corrected chi connectivity index (χ0v) is 11.5. The molecule has 0 saturated carbocycles. The Balaban J connectivity index is 1.74. The topological polar surface area (TPSA) is 55.6 Å². The molecule has 5 heteroatoms. The van der Waals surface area contributed by atoms with Crippen molar-refractivity contribution in [3.8, 4) is 0 Å². The second kappa shape index (κ2) is 5.69. The normalized spacial score (nSPS) is 10.8. The minimum Gasteiger partial charge on any atom is -0.379 e. The van der Waals surface area contributed by atoms with Crippen LogP contribution in [-0.2, 0) is 13.1 Å². The van der Waals surface area contributed by atoms with Gasteiger partial charge in [0.25, 0.3) is 0 Å². The van der Waals surface area contributed by atoms with Crippen LogP contribution in [0.5, 0.6) is 0 Å². The molecule has 0 aliphatic carbocycles. The van der Waals surface area contributed by atoms with E-state index < -0.39 is 0 Å². The smallest absolute Gasteiger partial charge is 0.0948 e. The molecular formula is C15H17N5. The first-order valence-electron chi connectivity index (χ1n) is 6.80. The van der Waals surface area contributed by atoms with Crippen molar-refractivity contribution >= 4 is 16.7 Å². The van der Waals surface area contributed by atoms with Crippen LogP contribution in [-0.4, -0.2) is 19.5 Å².